The van der Waals surface area contributed by atoms with E-state index < -0.39 is 0 Å². The third-order valence-corrected chi connectivity index (χ3v) is 5.72. The maximum atomic E-state index is 3.82. The molecule has 1 aliphatic carbocycles. The number of nitrogens with one attached hydrogen (secondary N) is 1. The third kappa shape index (κ3) is 3.52. The normalized spacial score (nSPS) is 25.3. The first-order chi connectivity index (χ1) is 8.72. The maximum Gasteiger partial charge on any atom is 0.0305 e. The summed E-state index contributed by atoms with van der Waals surface area (Å²) in [6.07, 6.45) is 4.07. The van der Waals surface area contributed by atoms with Crippen LogP contribution >= 0.6 is 27.7 Å². The van der Waals surface area contributed by atoms with E-state index in [4.69, 9.17) is 0 Å². The molecule has 0 aromatic heterocycles. The monoisotopic (exact) mass is 327 g/mol. The van der Waals surface area contributed by atoms with Crippen LogP contribution in [-0.4, -0.2) is 17.0 Å². The van der Waals surface area contributed by atoms with Gasteiger partial charge in [-0.3, -0.25) is 0 Å². The summed E-state index contributed by atoms with van der Waals surface area (Å²) >= 11 is 5.76. The predicted octanol–water partition coefficient (Wildman–Crippen LogP) is 4.77. The molecule has 1 aromatic carbocycles. The van der Waals surface area contributed by atoms with E-state index in [9.17, 15) is 0 Å². The lowest BCUT2D eigenvalue weighted by Crippen LogP contribution is -2.36. The molecule has 0 spiro atoms. The van der Waals surface area contributed by atoms with E-state index in [0.29, 0.717) is 12.1 Å². The summed E-state index contributed by atoms with van der Waals surface area (Å²) in [5, 5.41) is 4.63. The van der Waals surface area contributed by atoms with Crippen LogP contribution in [0, 0.1) is 0 Å². The fraction of sp³-hybridized carbons (Fsp3) is 0.600. The van der Waals surface area contributed by atoms with Crippen molar-refractivity contribution in [3.63, 3.8) is 0 Å². The summed E-state index contributed by atoms with van der Waals surface area (Å²) in [4.78, 5) is 0. The van der Waals surface area contributed by atoms with Crippen LogP contribution in [-0.2, 0) is 0 Å². The summed E-state index contributed by atoms with van der Waals surface area (Å²) in [5.41, 5.74) is 1.37. The van der Waals surface area contributed by atoms with E-state index in [1.54, 1.807) is 0 Å². The Morgan fingerprint density at radius 1 is 1.39 bits per heavy atom. The zero-order chi connectivity index (χ0) is 13.0. The van der Waals surface area contributed by atoms with Crippen molar-refractivity contribution in [2.24, 2.45) is 0 Å². The molecule has 3 atom stereocenters. The van der Waals surface area contributed by atoms with Crippen LogP contribution in [0.4, 0.5) is 0 Å². The zero-order valence-electron chi connectivity index (χ0n) is 11.2. The topological polar surface area (TPSA) is 12.0 Å². The van der Waals surface area contributed by atoms with E-state index >= 15 is 0 Å². The Balaban J connectivity index is 1.98. The van der Waals surface area contributed by atoms with E-state index in [1.807, 2.05) is 0 Å². The van der Waals surface area contributed by atoms with Crippen molar-refractivity contribution in [2.45, 2.75) is 50.4 Å². The van der Waals surface area contributed by atoms with Gasteiger partial charge in [-0.2, -0.15) is 11.8 Å². The van der Waals surface area contributed by atoms with Crippen LogP contribution in [0.3, 0.4) is 0 Å². The zero-order valence-corrected chi connectivity index (χ0v) is 13.6. The number of benzene rings is 1. The molecule has 0 bridgehead atoms. The molecule has 1 N–H and O–H groups in total. The van der Waals surface area contributed by atoms with Crippen LogP contribution in [0.25, 0.3) is 0 Å². The van der Waals surface area contributed by atoms with Crippen molar-refractivity contribution in [3.8, 4) is 0 Å². The SMILES string of the molecule is CCSC1CCCC1NC(C)c1ccccc1Br. The molecule has 18 heavy (non-hydrogen) atoms. The summed E-state index contributed by atoms with van der Waals surface area (Å²) in [7, 11) is 0. The van der Waals surface area contributed by atoms with Crippen molar-refractivity contribution >= 4 is 27.7 Å². The van der Waals surface area contributed by atoms with Gasteiger partial charge in [-0.15, -0.1) is 0 Å². The number of hydrogen-bond acceptors (Lipinski definition) is 2. The molecule has 1 aromatic rings. The minimum atomic E-state index is 0.420. The van der Waals surface area contributed by atoms with E-state index in [2.05, 4.69) is 71.1 Å². The minimum absolute atomic E-state index is 0.420. The molecule has 1 aliphatic rings. The van der Waals surface area contributed by atoms with Crippen LogP contribution in [0.1, 0.15) is 44.7 Å². The van der Waals surface area contributed by atoms with Crippen molar-refractivity contribution in [1.82, 2.24) is 5.32 Å². The van der Waals surface area contributed by atoms with Gasteiger partial charge in [0.2, 0.25) is 0 Å². The third-order valence-electron chi connectivity index (χ3n) is 3.67. The number of halogens is 1. The number of rotatable bonds is 5. The van der Waals surface area contributed by atoms with Gasteiger partial charge in [0.1, 0.15) is 0 Å². The highest BCUT2D eigenvalue weighted by Crippen LogP contribution is 2.32. The smallest absolute Gasteiger partial charge is 0.0305 e. The molecule has 0 aliphatic heterocycles. The lowest BCUT2D eigenvalue weighted by atomic mass is 10.1. The highest BCUT2D eigenvalue weighted by Gasteiger charge is 2.28. The lowest BCUT2D eigenvalue weighted by molar-refractivity contribution is 0.466. The van der Waals surface area contributed by atoms with Gasteiger partial charge in [0, 0.05) is 21.8 Å². The lowest BCUT2D eigenvalue weighted by Gasteiger charge is -2.25. The van der Waals surface area contributed by atoms with Gasteiger partial charge in [0.05, 0.1) is 0 Å². The summed E-state index contributed by atoms with van der Waals surface area (Å²) in [5.74, 6) is 1.23. The Morgan fingerprint density at radius 2 is 2.17 bits per heavy atom. The average Bonchev–Trinajstić information content (AvgIpc) is 2.78. The van der Waals surface area contributed by atoms with E-state index in [0.717, 1.165) is 5.25 Å². The molecular weight excluding hydrogens is 306 g/mol. The minimum Gasteiger partial charge on any atom is -0.306 e. The van der Waals surface area contributed by atoms with Crippen LogP contribution in [0.15, 0.2) is 28.7 Å². The van der Waals surface area contributed by atoms with Gasteiger partial charge in [0.25, 0.3) is 0 Å². The van der Waals surface area contributed by atoms with Crippen LogP contribution in [0.2, 0.25) is 0 Å². The maximum absolute atomic E-state index is 3.82. The molecule has 1 nitrogen and oxygen atoms in total. The first kappa shape index (κ1) is 14.4. The second-order valence-corrected chi connectivity index (χ2v) is 7.31. The molecule has 3 unspecified atom stereocenters. The average molecular weight is 328 g/mol. The molecule has 1 saturated carbocycles. The van der Waals surface area contributed by atoms with Crippen molar-refractivity contribution < 1.29 is 0 Å². The molecule has 3 heteroatoms. The van der Waals surface area contributed by atoms with Gasteiger partial charge in [-0.1, -0.05) is 47.5 Å². The molecule has 0 radical (unpaired) electrons. The number of hydrogen-bond donors (Lipinski definition) is 1. The van der Waals surface area contributed by atoms with Crippen LogP contribution < -0.4 is 5.32 Å². The molecule has 2 rings (SSSR count). The Bertz CT molecular complexity index is 383. The van der Waals surface area contributed by atoms with Gasteiger partial charge in [0.15, 0.2) is 0 Å². The summed E-state index contributed by atoms with van der Waals surface area (Å²) in [6.45, 7) is 4.53. The fourth-order valence-corrected chi connectivity index (χ4v) is 4.60. The Morgan fingerprint density at radius 3 is 2.89 bits per heavy atom. The molecule has 0 heterocycles. The number of thioether (sulfide) groups is 1. The predicted molar refractivity (Wildman–Crippen MR) is 85.3 cm³/mol. The first-order valence-corrected chi connectivity index (χ1v) is 8.68. The molecule has 0 saturated heterocycles. The highest BCUT2D eigenvalue weighted by molar-refractivity contribution is 9.10. The standard InChI is InChI=1S/C15H22BrNS/c1-3-18-15-10-6-9-14(15)17-11(2)12-7-4-5-8-13(12)16/h4-5,7-8,11,14-15,17H,3,6,9-10H2,1-2H3. The van der Waals surface area contributed by atoms with Crippen molar-refractivity contribution in [1.29, 1.82) is 0 Å². The molecule has 100 valence electrons. The quantitative estimate of drug-likeness (QED) is 0.835. The Hall–Kier alpha value is 0.01000. The van der Waals surface area contributed by atoms with Gasteiger partial charge >= 0.3 is 0 Å². The second kappa shape index (κ2) is 6.97. The molecular formula is C15H22BrNS. The van der Waals surface area contributed by atoms with Crippen molar-refractivity contribution in [2.75, 3.05) is 5.75 Å². The Labute approximate surface area is 123 Å². The van der Waals surface area contributed by atoms with Gasteiger partial charge in [-0.05, 0) is 37.1 Å². The highest BCUT2D eigenvalue weighted by atomic mass is 79.9. The largest absolute Gasteiger partial charge is 0.306 e. The fourth-order valence-electron chi connectivity index (χ4n) is 2.77. The van der Waals surface area contributed by atoms with Crippen molar-refractivity contribution in [3.05, 3.63) is 34.3 Å². The summed E-state index contributed by atoms with van der Waals surface area (Å²) < 4.78 is 1.21. The second-order valence-electron chi connectivity index (χ2n) is 4.94. The van der Waals surface area contributed by atoms with Crippen LogP contribution in [0.5, 0.6) is 0 Å². The Kier molecular flexibility index (Phi) is 5.58. The van der Waals surface area contributed by atoms with E-state index in [-0.39, 0.29) is 0 Å². The molecule has 0 amide bonds. The first-order valence-electron chi connectivity index (χ1n) is 6.84. The molecule has 1 fully saturated rings. The van der Waals surface area contributed by atoms with E-state index in [1.165, 1.54) is 35.1 Å². The van der Waals surface area contributed by atoms with Gasteiger partial charge in [-0.25, -0.2) is 0 Å². The van der Waals surface area contributed by atoms with Gasteiger partial charge < -0.3 is 5.32 Å². The summed E-state index contributed by atoms with van der Waals surface area (Å²) in [6, 6.07) is 9.62.